The van der Waals surface area contributed by atoms with E-state index in [0.29, 0.717) is 35.0 Å². The Balaban J connectivity index is 1.43. The van der Waals surface area contributed by atoms with E-state index in [1.165, 1.54) is 0 Å². The van der Waals surface area contributed by atoms with Crippen LogP contribution in [0.25, 0.3) is 11.1 Å². The number of hydrogen-bond acceptors (Lipinski definition) is 5. The molecule has 0 aliphatic rings. The fourth-order valence-electron chi connectivity index (χ4n) is 4.14. The van der Waals surface area contributed by atoms with Crippen molar-refractivity contribution in [3.05, 3.63) is 99.0 Å². The van der Waals surface area contributed by atoms with Crippen molar-refractivity contribution in [3.8, 4) is 16.9 Å². The second-order valence-corrected chi connectivity index (χ2v) is 11.8. The van der Waals surface area contributed by atoms with E-state index in [1.807, 2.05) is 82.5 Å². The van der Waals surface area contributed by atoms with Crippen LogP contribution in [0.5, 0.6) is 5.75 Å². The molecule has 0 atom stereocenters. The number of ether oxygens (including phenoxy) is 1. The first-order valence-corrected chi connectivity index (χ1v) is 13.9. The highest BCUT2D eigenvalue weighted by molar-refractivity contribution is 7.09. The summed E-state index contributed by atoms with van der Waals surface area (Å²) >= 11 is 7.65. The summed E-state index contributed by atoms with van der Waals surface area (Å²) in [5, 5.41) is 6.61. The van der Waals surface area contributed by atoms with Gasteiger partial charge in [0.15, 0.2) is 0 Å². The van der Waals surface area contributed by atoms with E-state index in [9.17, 15) is 9.59 Å². The fourth-order valence-corrected chi connectivity index (χ4v) is 4.91. The van der Waals surface area contributed by atoms with Gasteiger partial charge in [-0.15, -0.1) is 11.3 Å². The molecule has 0 aliphatic carbocycles. The summed E-state index contributed by atoms with van der Waals surface area (Å²) in [5.74, 6) is 0.162. The highest BCUT2D eigenvalue weighted by Crippen LogP contribution is 2.28. The molecule has 6 nitrogen and oxygen atoms in total. The van der Waals surface area contributed by atoms with Crippen LogP contribution in [0.3, 0.4) is 0 Å². The molecule has 1 aromatic heterocycles. The van der Waals surface area contributed by atoms with Crippen molar-refractivity contribution in [3.63, 3.8) is 0 Å². The number of amides is 2. The molecule has 0 fully saturated rings. The van der Waals surface area contributed by atoms with E-state index in [-0.39, 0.29) is 5.91 Å². The van der Waals surface area contributed by atoms with E-state index >= 15 is 0 Å². The third kappa shape index (κ3) is 7.46. The lowest BCUT2D eigenvalue weighted by molar-refractivity contribution is 0.102. The van der Waals surface area contributed by atoms with Crippen LogP contribution in [0.4, 0.5) is 10.5 Å². The van der Waals surface area contributed by atoms with Gasteiger partial charge in [0.05, 0.1) is 10.7 Å². The molecule has 0 saturated heterocycles. The predicted molar refractivity (Wildman–Crippen MR) is 159 cm³/mol. The van der Waals surface area contributed by atoms with Crippen LogP contribution in [0.15, 0.2) is 72.1 Å². The SMILES string of the molecule is Cc1ccc(C(=O)Nc2ccc(OC(=O)N(CCc3csc(C)n3)C(C)(C)C)cc2)c(-c2ccc(Cl)cc2)c1. The lowest BCUT2D eigenvalue weighted by Gasteiger charge is -2.34. The quantitative estimate of drug-likeness (QED) is 0.247. The first-order valence-electron chi connectivity index (χ1n) is 12.7. The van der Waals surface area contributed by atoms with E-state index in [0.717, 1.165) is 27.4 Å². The summed E-state index contributed by atoms with van der Waals surface area (Å²) in [6, 6.07) is 19.9. The van der Waals surface area contributed by atoms with Gasteiger partial charge in [0.25, 0.3) is 5.91 Å². The van der Waals surface area contributed by atoms with Gasteiger partial charge < -0.3 is 15.0 Å². The molecule has 0 radical (unpaired) electrons. The Hall–Kier alpha value is -3.68. The second-order valence-electron chi connectivity index (χ2n) is 10.3. The van der Waals surface area contributed by atoms with Crippen molar-refractivity contribution < 1.29 is 14.3 Å². The number of aromatic nitrogens is 1. The third-order valence-electron chi connectivity index (χ3n) is 6.18. The zero-order valence-corrected chi connectivity index (χ0v) is 24.3. The molecule has 4 rings (SSSR count). The maximum atomic E-state index is 13.2. The first kappa shape index (κ1) is 28.3. The zero-order chi connectivity index (χ0) is 28.2. The maximum absolute atomic E-state index is 13.2. The first-order chi connectivity index (χ1) is 18.5. The highest BCUT2D eigenvalue weighted by Gasteiger charge is 2.28. The molecule has 0 unspecified atom stereocenters. The van der Waals surface area contributed by atoms with Crippen LogP contribution in [-0.4, -0.2) is 34.0 Å². The monoisotopic (exact) mass is 561 g/mol. The van der Waals surface area contributed by atoms with Crippen molar-refractivity contribution >= 4 is 40.6 Å². The summed E-state index contributed by atoms with van der Waals surface area (Å²) in [5.41, 5.74) is 4.46. The normalized spacial score (nSPS) is 11.2. The number of hydrogen-bond donors (Lipinski definition) is 1. The Labute approximate surface area is 238 Å². The van der Waals surface area contributed by atoms with Gasteiger partial charge in [0.2, 0.25) is 0 Å². The standard InChI is InChI=1S/C31H32ClN3O3S/c1-20-6-15-27(28(18-20)22-7-9-23(32)10-8-22)29(36)34-24-11-13-26(14-12-24)38-30(37)35(31(3,4)5)17-16-25-19-39-21(2)33-25/h6-15,18-19H,16-17H2,1-5H3,(H,34,36). The Morgan fingerprint density at radius 1 is 1.00 bits per heavy atom. The minimum atomic E-state index is -0.432. The molecular weight excluding hydrogens is 530 g/mol. The van der Waals surface area contributed by atoms with E-state index < -0.39 is 11.6 Å². The van der Waals surface area contributed by atoms with Crippen molar-refractivity contribution in [2.75, 3.05) is 11.9 Å². The Kier molecular flexibility index (Phi) is 8.73. The van der Waals surface area contributed by atoms with Gasteiger partial charge in [-0.25, -0.2) is 9.78 Å². The molecule has 0 aliphatic heterocycles. The fraction of sp³-hybridized carbons (Fsp3) is 0.258. The van der Waals surface area contributed by atoms with Crippen LogP contribution < -0.4 is 10.1 Å². The number of halogens is 1. The second kappa shape index (κ2) is 12.0. The Morgan fingerprint density at radius 3 is 2.31 bits per heavy atom. The number of carbonyl (C=O) groups excluding carboxylic acids is 2. The molecule has 1 N–H and O–H groups in total. The van der Waals surface area contributed by atoms with Crippen LogP contribution in [0, 0.1) is 13.8 Å². The molecule has 1 heterocycles. The molecule has 3 aromatic carbocycles. The van der Waals surface area contributed by atoms with Gasteiger partial charge in [-0.1, -0.05) is 41.4 Å². The lowest BCUT2D eigenvalue weighted by atomic mass is 9.97. The Morgan fingerprint density at radius 2 is 1.69 bits per heavy atom. The minimum Gasteiger partial charge on any atom is -0.410 e. The summed E-state index contributed by atoms with van der Waals surface area (Å²) in [6.45, 7) is 10.4. The maximum Gasteiger partial charge on any atom is 0.415 e. The van der Waals surface area contributed by atoms with Crippen LogP contribution in [0.1, 0.15) is 47.4 Å². The molecule has 4 aromatic rings. The molecule has 0 spiro atoms. The molecule has 0 bridgehead atoms. The van der Waals surface area contributed by atoms with Gasteiger partial charge in [-0.05, 0) is 88.2 Å². The van der Waals surface area contributed by atoms with Gasteiger partial charge in [0.1, 0.15) is 5.75 Å². The Bertz CT molecular complexity index is 1460. The molecule has 202 valence electrons. The number of nitrogens with one attached hydrogen (secondary N) is 1. The number of nitrogens with zero attached hydrogens (tertiary/aromatic N) is 2. The minimum absolute atomic E-state index is 0.235. The highest BCUT2D eigenvalue weighted by atomic mass is 35.5. The van der Waals surface area contributed by atoms with Crippen molar-refractivity contribution in [2.24, 2.45) is 0 Å². The number of aryl methyl sites for hydroxylation is 2. The smallest absolute Gasteiger partial charge is 0.410 e. The van der Waals surface area contributed by atoms with E-state index in [1.54, 1.807) is 40.5 Å². The number of rotatable bonds is 7. The summed E-state index contributed by atoms with van der Waals surface area (Å²) in [4.78, 5) is 32.5. The van der Waals surface area contributed by atoms with Gasteiger partial charge in [-0.2, -0.15) is 0 Å². The number of carbonyl (C=O) groups is 2. The van der Waals surface area contributed by atoms with E-state index in [4.69, 9.17) is 16.3 Å². The van der Waals surface area contributed by atoms with Crippen LogP contribution >= 0.6 is 22.9 Å². The van der Waals surface area contributed by atoms with Crippen molar-refractivity contribution in [1.29, 1.82) is 0 Å². The van der Waals surface area contributed by atoms with Crippen molar-refractivity contribution in [1.82, 2.24) is 9.88 Å². The summed E-state index contributed by atoms with van der Waals surface area (Å²) < 4.78 is 5.69. The molecule has 2 amide bonds. The molecule has 39 heavy (non-hydrogen) atoms. The van der Waals surface area contributed by atoms with Crippen molar-refractivity contribution in [2.45, 2.75) is 46.6 Å². The number of thiazole rings is 1. The van der Waals surface area contributed by atoms with Gasteiger partial charge in [-0.3, -0.25) is 4.79 Å². The topological polar surface area (TPSA) is 71.5 Å². The molecule has 0 saturated carbocycles. The third-order valence-corrected chi connectivity index (χ3v) is 7.25. The average Bonchev–Trinajstić information content (AvgIpc) is 3.29. The molecular formula is C31H32ClN3O3S. The number of benzene rings is 3. The predicted octanol–water partition coefficient (Wildman–Crippen LogP) is 8.17. The summed E-state index contributed by atoms with van der Waals surface area (Å²) in [6.07, 6.45) is 0.220. The summed E-state index contributed by atoms with van der Waals surface area (Å²) in [7, 11) is 0. The lowest BCUT2D eigenvalue weighted by Crippen LogP contribution is -2.48. The largest absolute Gasteiger partial charge is 0.415 e. The van der Waals surface area contributed by atoms with Gasteiger partial charge in [0, 0.05) is 40.2 Å². The molecule has 8 heteroatoms. The zero-order valence-electron chi connectivity index (χ0n) is 22.7. The van der Waals surface area contributed by atoms with E-state index in [2.05, 4.69) is 10.3 Å². The van der Waals surface area contributed by atoms with Gasteiger partial charge >= 0.3 is 6.09 Å². The average molecular weight is 562 g/mol. The van der Waals surface area contributed by atoms with Crippen LogP contribution in [0.2, 0.25) is 5.02 Å². The number of anilines is 1. The van der Waals surface area contributed by atoms with Crippen LogP contribution in [-0.2, 0) is 6.42 Å².